The molecule has 0 saturated carbocycles. The number of hydrogen-bond donors (Lipinski definition) is 0. The van der Waals surface area contributed by atoms with Crippen LogP contribution in [0, 0.1) is 18.3 Å². The van der Waals surface area contributed by atoms with Crippen molar-refractivity contribution in [2.75, 3.05) is 7.11 Å². The van der Waals surface area contributed by atoms with Gasteiger partial charge >= 0.3 is 0 Å². The maximum Gasteiger partial charge on any atom is 0.191 e. The summed E-state index contributed by atoms with van der Waals surface area (Å²) in [5, 5.41) is 17.5. The monoisotopic (exact) mass is 290 g/mol. The van der Waals surface area contributed by atoms with Gasteiger partial charge in [-0.05, 0) is 36.8 Å². The maximum absolute atomic E-state index is 9.33. The predicted octanol–water partition coefficient (Wildman–Crippen LogP) is 3.12. The Hall–Kier alpha value is -3.13. The van der Waals surface area contributed by atoms with Gasteiger partial charge in [-0.25, -0.2) is 4.68 Å². The van der Waals surface area contributed by atoms with E-state index in [1.807, 2.05) is 55.5 Å². The molecule has 0 aliphatic carbocycles. The fraction of sp³-hybridized carbons (Fsp3) is 0.118. The molecule has 2 aromatic carbocycles. The summed E-state index contributed by atoms with van der Waals surface area (Å²) in [6.45, 7) is 2.00. The van der Waals surface area contributed by atoms with Crippen LogP contribution in [0.25, 0.3) is 16.9 Å². The van der Waals surface area contributed by atoms with Crippen molar-refractivity contribution in [3.63, 3.8) is 0 Å². The molecular weight excluding hydrogens is 276 g/mol. The molecule has 0 fully saturated rings. The highest BCUT2D eigenvalue weighted by molar-refractivity contribution is 5.70. The highest BCUT2D eigenvalue weighted by atomic mass is 16.5. The van der Waals surface area contributed by atoms with Crippen molar-refractivity contribution in [2.24, 2.45) is 0 Å². The Morgan fingerprint density at radius 3 is 2.45 bits per heavy atom. The molecule has 1 heterocycles. The molecule has 22 heavy (non-hydrogen) atoms. The summed E-state index contributed by atoms with van der Waals surface area (Å²) in [5.74, 6) is 0.766. The molecule has 108 valence electrons. The number of hydrogen-bond acceptors (Lipinski definition) is 4. The van der Waals surface area contributed by atoms with Crippen LogP contribution in [0.3, 0.4) is 0 Å². The van der Waals surface area contributed by atoms with Crippen molar-refractivity contribution in [2.45, 2.75) is 6.92 Å². The summed E-state index contributed by atoms with van der Waals surface area (Å²) in [6, 6.07) is 17.5. The summed E-state index contributed by atoms with van der Waals surface area (Å²) in [6.07, 6.45) is 0. The minimum atomic E-state index is 0.310. The van der Waals surface area contributed by atoms with E-state index in [0.29, 0.717) is 11.4 Å². The molecule has 5 nitrogen and oxygen atoms in total. The van der Waals surface area contributed by atoms with Crippen molar-refractivity contribution in [1.82, 2.24) is 15.0 Å². The Balaban J connectivity index is 2.19. The highest BCUT2D eigenvalue weighted by Gasteiger charge is 2.17. The van der Waals surface area contributed by atoms with Crippen LogP contribution in [0.2, 0.25) is 0 Å². The third kappa shape index (κ3) is 2.31. The number of rotatable bonds is 3. The minimum absolute atomic E-state index is 0.310. The van der Waals surface area contributed by atoms with Crippen molar-refractivity contribution < 1.29 is 4.74 Å². The number of ether oxygens (including phenoxy) is 1. The number of methoxy groups -OCH3 is 1. The second-order valence-corrected chi connectivity index (χ2v) is 4.82. The molecule has 3 rings (SSSR count). The van der Waals surface area contributed by atoms with Crippen LogP contribution in [0.4, 0.5) is 0 Å². The second-order valence-electron chi connectivity index (χ2n) is 4.82. The van der Waals surface area contributed by atoms with Crippen LogP contribution < -0.4 is 4.74 Å². The van der Waals surface area contributed by atoms with Crippen molar-refractivity contribution in [1.29, 1.82) is 5.26 Å². The molecule has 1 aromatic heterocycles. The first-order valence-electron chi connectivity index (χ1n) is 6.81. The van der Waals surface area contributed by atoms with E-state index in [9.17, 15) is 5.26 Å². The molecule has 0 unspecified atom stereocenters. The molecule has 0 radical (unpaired) electrons. The number of nitrogens with zero attached hydrogens (tertiary/aromatic N) is 4. The van der Waals surface area contributed by atoms with Gasteiger partial charge in [0.05, 0.1) is 12.8 Å². The van der Waals surface area contributed by atoms with E-state index < -0.39 is 0 Å². The van der Waals surface area contributed by atoms with Crippen molar-refractivity contribution in [3.05, 3.63) is 59.8 Å². The largest absolute Gasteiger partial charge is 0.497 e. The van der Waals surface area contributed by atoms with E-state index in [2.05, 4.69) is 16.4 Å². The number of aryl methyl sites for hydroxylation is 1. The highest BCUT2D eigenvalue weighted by Crippen LogP contribution is 2.28. The Morgan fingerprint density at radius 2 is 1.82 bits per heavy atom. The average Bonchev–Trinajstić information content (AvgIpc) is 2.99. The first-order chi connectivity index (χ1) is 10.7. The summed E-state index contributed by atoms with van der Waals surface area (Å²) in [4.78, 5) is 0. The second kappa shape index (κ2) is 5.70. The van der Waals surface area contributed by atoms with Crippen LogP contribution in [-0.4, -0.2) is 22.1 Å². The lowest BCUT2D eigenvalue weighted by atomic mass is 10.0. The van der Waals surface area contributed by atoms with Gasteiger partial charge in [-0.1, -0.05) is 29.5 Å². The zero-order valence-corrected chi connectivity index (χ0v) is 12.3. The molecule has 0 aliphatic heterocycles. The lowest BCUT2D eigenvalue weighted by Gasteiger charge is -2.09. The van der Waals surface area contributed by atoms with Crippen molar-refractivity contribution in [3.8, 4) is 28.8 Å². The number of aromatic nitrogens is 3. The fourth-order valence-corrected chi connectivity index (χ4v) is 2.34. The van der Waals surface area contributed by atoms with E-state index in [4.69, 9.17) is 4.74 Å². The Morgan fingerprint density at radius 1 is 1.09 bits per heavy atom. The first-order valence-corrected chi connectivity index (χ1v) is 6.81. The number of nitriles is 1. The van der Waals surface area contributed by atoms with Crippen LogP contribution in [0.1, 0.15) is 11.3 Å². The smallest absolute Gasteiger partial charge is 0.191 e. The third-order valence-corrected chi connectivity index (χ3v) is 3.49. The zero-order chi connectivity index (χ0) is 15.5. The molecule has 0 N–H and O–H groups in total. The van der Waals surface area contributed by atoms with Crippen molar-refractivity contribution >= 4 is 0 Å². The summed E-state index contributed by atoms with van der Waals surface area (Å²) >= 11 is 0. The Labute approximate surface area is 128 Å². The quantitative estimate of drug-likeness (QED) is 0.743. The molecule has 3 aromatic rings. The van der Waals surface area contributed by atoms with Gasteiger partial charge in [0.2, 0.25) is 0 Å². The van der Waals surface area contributed by atoms with Gasteiger partial charge in [0, 0.05) is 5.56 Å². The van der Waals surface area contributed by atoms with Gasteiger partial charge in [0.25, 0.3) is 0 Å². The van der Waals surface area contributed by atoms with Gasteiger partial charge in [0.15, 0.2) is 5.69 Å². The molecule has 0 amide bonds. The lowest BCUT2D eigenvalue weighted by Crippen LogP contribution is -2.00. The molecule has 0 spiro atoms. The predicted molar refractivity (Wildman–Crippen MR) is 82.8 cm³/mol. The standard InChI is InChI=1S/C17H14N4O/c1-12-5-3-4-6-15(12)17-16(11-18)19-20-21(17)13-7-9-14(22-2)10-8-13/h3-10H,1-2H3. The molecule has 0 bridgehead atoms. The summed E-state index contributed by atoms with van der Waals surface area (Å²) in [7, 11) is 1.62. The molecule has 5 heteroatoms. The molecule has 0 saturated heterocycles. The average molecular weight is 290 g/mol. The SMILES string of the molecule is COc1ccc(-n2nnc(C#N)c2-c2ccccc2C)cc1. The summed E-state index contributed by atoms with van der Waals surface area (Å²) in [5.41, 5.74) is 3.85. The van der Waals surface area contributed by atoms with Crippen LogP contribution in [-0.2, 0) is 0 Å². The Kier molecular flexibility index (Phi) is 3.58. The third-order valence-electron chi connectivity index (χ3n) is 3.49. The van der Waals surface area contributed by atoms with Gasteiger partial charge in [-0.3, -0.25) is 0 Å². The Bertz CT molecular complexity index is 844. The van der Waals surface area contributed by atoms with E-state index in [0.717, 1.165) is 22.6 Å². The lowest BCUT2D eigenvalue weighted by molar-refractivity contribution is 0.414. The summed E-state index contributed by atoms with van der Waals surface area (Å²) < 4.78 is 6.85. The van der Waals surface area contributed by atoms with Crippen LogP contribution in [0.5, 0.6) is 5.75 Å². The van der Waals surface area contributed by atoms with E-state index in [1.54, 1.807) is 11.8 Å². The number of benzene rings is 2. The van der Waals surface area contributed by atoms with Gasteiger partial charge in [-0.15, -0.1) is 5.10 Å². The van der Waals surface area contributed by atoms with Gasteiger partial charge in [-0.2, -0.15) is 5.26 Å². The van der Waals surface area contributed by atoms with Gasteiger partial charge in [0.1, 0.15) is 17.5 Å². The molecular formula is C17H14N4O. The first kappa shape index (κ1) is 13.8. The fourth-order valence-electron chi connectivity index (χ4n) is 2.34. The van der Waals surface area contributed by atoms with Crippen LogP contribution >= 0.6 is 0 Å². The minimum Gasteiger partial charge on any atom is -0.497 e. The molecule has 0 atom stereocenters. The molecule has 0 aliphatic rings. The van der Waals surface area contributed by atoms with Gasteiger partial charge < -0.3 is 4.74 Å². The topological polar surface area (TPSA) is 63.7 Å². The maximum atomic E-state index is 9.33. The van der Waals surface area contributed by atoms with E-state index in [-0.39, 0.29) is 0 Å². The van der Waals surface area contributed by atoms with Crippen LogP contribution in [0.15, 0.2) is 48.5 Å². The zero-order valence-electron chi connectivity index (χ0n) is 12.3. The normalized spacial score (nSPS) is 10.2. The van der Waals surface area contributed by atoms with E-state index >= 15 is 0 Å². The van der Waals surface area contributed by atoms with E-state index in [1.165, 1.54) is 0 Å².